The maximum Gasteiger partial charge on any atom is 0.269 e. The number of para-hydroxylation sites is 1. The van der Waals surface area contributed by atoms with Crippen LogP contribution in [0.2, 0.25) is 0 Å². The minimum atomic E-state index is -0.499. The molecule has 0 radical (unpaired) electrons. The molecule has 1 N–H and O–H groups in total. The number of nitrogens with one attached hydrogen (secondary N) is 1. The number of hydrogen-bond donors (Lipinski definition) is 1. The van der Waals surface area contributed by atoms with Crippen LogP contribution >= 0.6 is 11.8 Å². The molecule has 0 aliphatic rings. The number of fused-ring (bicyclic) bond motifs is 1. The van der Waals surface area contributed by atoms with Crippen LogP contribution in [0.3, 0.4) is 0 Å². The van der Waals surface area contributed by atoms with Crippen LogP contribution in [0, 0.1) is 10.1 Å². The fourth-order valence-corrected chi connectivity index (χ4v) is 3.69. The minimum Gasteiger partial charge on any atom is -0.325 e. The Morgan fingerprint density at radius 3 is 2.59 bits per heavy atom. The van der Waals surface area contributed by atoms with E-state index in [0.29, 0.717) is 21.7 Å². The van der Waals surface area contributed by atoms with E-state index in [0.717, 1.165) is 6.42 Å². The van der Waals surface area contributed by atoms with E-state index in [9.17, 15) is 19.7 Å². The molecule has 1 amide bonds. The predicted octanol–water partition coefficient (Wildman–Crippen LogP) is 4.01. The summed E-state index contributed by atoms with van der Waals surface area (Å²) in [6, 6.07) is 12.7. The lowest BCUT2D eigenvalue weighted by Gasteiger charge is -2.18. The number of thioether (sulfide) groups is 1. The average molecular weight is 412 g/mol. The number of non-ortho nitro benzene ring substituents is 1. The van der Waals surface area contributed by atoms with Gasteiger partial charge in [0.2, 0.25) is 5.91 Å². The summed E-state index contributed by atoms with van der Waals surface area (Å²) < 4.78 is 1.63. The molecule has 0 fully saturated rings. The van der Waals surface area contributed by atoms with E-state index in [1.165, 1.54) is 36.0 Å². The van der Waals surface area contributed by atoms with Gasteiger partial charge in [-0.05, 0) is 37.6 Å². The lowest BCUT2D eigenvalue weighted by molar-refractivity contribution is -0.384. The van der Waals surface area contributed by atoms with Crippen LogP contribution in [0.15, 0.2) is 58.5 Å². The molecule has 29 heavy (non-hydrogen) atoms. The van der Waals surface area contributed by atoms with Crippen LogP contribution in [-0.4, -0.2) is 26.1 Å². The highest BCUT2D eigenvalue weighted by Crippen LogP contribution is 2.23. The molecular formula is C20H20N4O4S. The van der Waals surface area contributed by atoms with Crippen molar-refractivity contribution in [2.45, 2.75) is 31.5 Å². The average Bonchev–Trinajstić information content (AvgIpc) is 2.72. The van der Waals surface area contributed by atoms with Gasteiger partial charge in [0.15, 0.2) is 5.16 Å². The molecule has 3 rings (SSSR count). The summed E-state index contributed by atoms with van der Waals surface area (Å²) in [5.41, 5.74) is 0.890. The first-order valence-electron chi connectivity index (χ1n) is 9.09. The number of carbonyl (C=O) groups is 1. The van der Waals surface area contributed by atoms with Crippen molar-refractivity contribution in [1.82, 2.24) is 9.55 Å². The minimum absolute atomic E-state index is 0.0460. The first-order valence-corrected chi connectivity index (χ1v) is 10.1. The molecule has 0 spiro atoms. The Bertz CT molecular complexity index is 1110. The molecule has 1 aromatic heterocycles. The normalized spacial score (nSPS) is 11.9. The number of aromatic nitrogens is 2. The smallest absolute Gasteiger partial charge is 0.269 e. The lowest BCUT2D eigenvalue weighted by atomic mass is 10.2. The maximum absolute atomic E-state index is 12.9. The molecule has 0 aliphatic heterocycles. The Morgan fingerprint density at radius 2 is 1.93 bits per heavy atom. The Kier molecular flexibility index (Phi) is 6.28. The molecule has 1 heterocycles. The number of nitrogens with zero attached hydrogens (tertiary/aromatic N) is 3. The molecule has 2 aromatic carbocycles. The van der Waals surface area contributed by atoms with Gasteiger partial charge in [-0.25, -0.2) is 4.98 Å². The summed E-state index contributed by atoms with van der Waals surface area (Å²) in [5, 5.41) is 14.4. The van der Waals surface area contributed by atoms with Crippen molar-refractivity contribution in [1.29, 1.82) is 0 Å². The second kappa shape index (κ2) is 8.87. The van der Waals surface area contributed by atoms with Crippen molar-refractivity contribution >= 4 is 39.9 Å². The van der Waals surface area contributed by atoms with Gasteiger partial charge in [0.25, 0.3) is 11.2 Å². The van der Waals surface area contributed by atoms with Crippen molar-refractivity contribution in [3.8, 4) is 0 Å². The van der Waals surface area contributed by atoms with E-state index in [1.807, 2.05) is 19.9 Å². The predicted molar refractivity (Wildman–Crippen MR) is 113 cm³/mol. The van der Waals surface area contributed by atoms with Gasteiger partial charge >= 0.3 is 0 Å². The topological polar surface area (TPSA) is 107 Å². The molecule has 0 saturated carbocycles. The molecular weight excluding hydrogens is 392 g/mol. The van der Waals surface area contributed by atoms with Crippen LogP contribution in [0.5, 0.6) is 0 Å². The zero-order chi connectivity index (χ0) is 21.0. The number of anilines is 1. The molecule has 1 unspecified atom stereocenters. The Balaban J connectivity index is 1.79. The number of benzene rings is 2. The monoisotopic (exact) mass is 412 g/mol. The number of nitro groups is 1. The third-order valence-corrected chi connectivity index (χ3v) is 5.45. The Hall–Kier alpha value is -3.20. The first-order chi connectivity index (χ1) is 13.9. The van der Waals surface area contributed by atoms with E-state index < -0.39 is 4.92 Å². The Labute approximate surface area is 171 Å². The van der Waals surface area contributed by atoms with E-state index >= 15 is 0 Å². The summed E-state index contributed by atoms with van der Waals surface area (Å²) in [4.78, 5) is 40.0. The largest absolute Gasteiger partial charge is 0.325 e. The number of amides is 1. The van der Waals surface area contributed by atoms with Crippen LogP contribution < -0.4 is 10.9 Å². The van der Waals surface area contributed by atoms with Crippen molar-refractivity contribution < 1.29 is 9.72 Å². The van der Waals surface area contributed by atoms with Gasteiger partial charge in [-0.15, -0.1) is 0 Å². The highest BCUT2D eigenvalue weighted by atomic mass is 32.2. The van der Waals surface area contributed by atoms with Gasteiger partial charge in [0.05, 0.1) is 21.6 Å². The second-order valence-corrected chi connectivity index (χ2v) is 7.43. The molecule has 3 aromatic rings. The first kappa shape index (κ1) is 20.5. The van der Waals surface area contributed by atoms with E-state index in [-0.39, 0.29) is 28.9 Å². The van der Waals surface area contributed by atoms with Crippen LogP contribution in [0.4, 0.5) is 11.4 Å². The van der Waals surface area contributed by atoms with Crippen molar-refractivity contribution in [2.75, 3.05) is 11.1 Å². The van der Waals surface area contributed by atoms with Crippen LogP contribution in [0.1, 0.15) is 26.3 Å². The van der Waals surface area contributed by atoms with Gasteiger partial charge < -0.3 is 5.32 Å². The maximum atomic E-state index is 12.9. The molecule has 150 valence electrons. The Morgan fingerprint density at radius 1 is 1.24 bits per heavy atom. The molecule has 0 aliphatic carbocycles. The van der Waals surface area contributed by atoms with Crippen LogP contribution in [0.25, 0.3) is 10.9 Å². The third kappa shape index (κ3) is 4.62. The summed E-state index contributed by atoms with van der Waals surface area (Å²) in [6.07, 6.45) is 0.752. The molecule has 9 heteroatoms. The molecule has 0 saturated heterocycles. The number of carbonyl (C=O) groups excluding carboxylic acids is 1. The van der Waals surface area contributed by atoms with Gasteiger partial charge in [0, 0.05) is 23.9 Å². The quantitative estimate of drug-likeness (QED) is 0.272. The van der Waals surface area contributed by atoms with Crippen molar-refractivity contribution in [3.05, 3.63) is 69.0 Å². The van der Waals surface area contributed by atoms with Crippen LogP contribution in [-0.2, 0) is 4.79 Å². The van der Waals surface area contributed by atoms with Gasteiger partial charge in [-0.2, -0.15) is 0 Å². The van der Waals surface area contributed by atoms with Crippen molar-refractivity contribution in [2.24, 2.45) is 0 Å². The SMILES string of the molecule is CCC(C)n1c(SCC(=O)Nc2ccc([N+](=O)[O-])cc2)nc2ccccc2c1=O. The van der Waals surface area contributed by atoms with Gasteiger partial charge in [0.1, 0.15) is 0 Å². The summed E-state index contributed by atoms with van der Waals surface area (Å²) in [6.45, 7) is 3.93. The van der Waals surface area contributed by atoms with E-state index in [1.54, 1.807) is 22.8 Å². The highest BCUT2D eigenvalue weighted by molar-refractivity contribution is 7.99. The molecule has 0 bridgehead atoms. The summed E-state index contributed by atoms with van der Waals surface area (Å²) in [5.74, 6) is -0.236. The van der Waals surface area contributed by atoms with Crippen molar-refractivity contribution in [3.63, 3.8) is 0 Å². The summed E-state index contributed by atoms with van der Waals surface area (Å²) >= 11 is 1.19. The number of rotatable bonds is 7. The summed E-state index contributed by atoms with van der Waals surface area (Å²) in [7, 11) is 0. The third-order valence-electron chi connectivity index (χ3n) is 4.50. The van der Waals surface area contributed by atoms with Gasteiger partial charge in [-0.1, -0.05) is 30.8 Å². The highest BCUT2D eigenvalue weighted by Gasteiger charge is 2.16. The fourth-order valence-electron chi connectivity index (χ4n) is 2.79. The zero-order valence-electron chi connectivity index (χ0n) is 16.0. The second-order valence-electron chi connectivity index (χ2n) is 6.48. The van der Waals surface area contributed by atoms with E-state index in [2.05, 4.69) is 10.3 Å². The van der Waals surface area contributed by atoms with E-state index in [4.69, 9.17) is 0 Å². The molecule has 1 atom stereocenters. The number of hydrogen-bond acceptors (Lipinski definition) is 6. The fraction of sp³-hybridized carbons (Fsp3) is 0.250. The van der Waals surface area contributed by atoms with Gasteiger partial charge in [-0.3, -0.25) is 24.3 Å². The zero-order valence-corrected chi connectivity index (χ0v) is 16.8. The lowest BCUT2D eigenvalue weighted by Crippen LogP contribution is -2.26. The number of nitro benzene ring substituents is 1. The standard InChI is InChI=1S/C20H20N4O4S/c1-3-13(2)23-19(26)16-6-4-5-7-17(16)22-20(23)29-12-18(25)21-14-8-10-15(11-9-14)24(27)28/h4-11,13H,3,12H2,1-2H3,(H,21,25). The molecule has 8 nitrogen and oxygen atoms in total.